The van der Waals surface area contributed by atoms with Crippen LogP contribution in [0.1, 0.15) is 11.1 Å². The molecule has 1 amide bonds. The molecule has 0 aromatic heterocycles. The number of alkyl halides is 3. The van der Waals surface area contributed by atoms with Crippen molar-refractivity contribution < 1.29 is 32.5 Å². The van der Waals surface area contributed by atoms with Crippen LogP contribution in [-0.2, 0) is 11.0 Å². The summed E-state index contributed by atoms with van der Waals surface area (Å²) >= 11 is 3.21. The maximum atomic E-state index is 12.9. The number of nitrogens with one attached hydrogen (secondary N) is 1. The Morgan fingerprint density at radius 2 is 1.73 bits per heavy atom. The lowest BCUT2D eigenvalue weighted by Crippen LogP contribution is -2.14. The number of amides is 1. The van der Waals surface area contributed by atoms with Crippen LogP contribution in [0.15, 0.2) is 70.7 Å². The topological polar surface area (TPSA) is 148 Å². The van der Waals surface area contributed by atoms with Crippen LogP contribution in [0.4, 0.5) is 30.2 Å². The van der Waals surface area contributed by atoms with Crippen molar-refractivity contribution in [2.45, 2.75) is 6.18 Å². The van der Waals surface area contributed by atoms with Gasteiger partial charge in [0.15, 0.2) is 0 Å². The quantitative estimate of drug-likeness (QED) is 0.144. The average Bonchev–Trinajstić information content (AvgIpc) is 2.83. The fourth-order valence-corrected chi connectivity index (χ4v) is 3.42. The molecule has 0 radical (unpaired) electrons. The van der Waals surface area contributed by atoms with Gasteiger partial charge in [0.05, 0.1) is 25.9 Å². The summed E-state index contributed by atoms with van der Waals surface area (Å²) in [5.74, 6) is -1.13. The van der Waals surface area contributed by atoms with Gasteiger partial charge in [0.1, 0.15) is 17.4 Å². The van der Waals surface area contributed by atoms with Gasteiger partial charge in [0.2, 0.25) is 5.75 Å². The first-order valence-electron chi connectivity index (χ1n) is 9.89. The van der Waals surface area contributed by atoms with E-state index >= 15 is 0 Å². The van der Waals surface area contributed by atoms with E-state index in [9.17, 15) is 43.5 Å². The van der Waals surface area contributed by atoms with Crippen LogP contribution in [0.5, 0.6) is 11.5 Å². The number of carbonyl (C=O) groups is 1. The largest absolute Gasteiger partial charge is 0.449 e. The lowest BCUT2D eigenvalue weighted by molar-refractivity contribution is -0.394. The van der Waals surface area contributed by atoms with Gasteiger partial charge >= 0.3 is 11.9 Å². The summed E-state index contributed by atoms with van der Waals surface area (Å²) in [6.45, 7) is 0. The Morgan fingerprint density at radius 3 is 2.32 bits per heavy atom. The molecule has 0 saturated carbocycles. The molecule has 0 aliphatic heterocycles. The van der Waals surface area contributed by atoms with Crippen LogP contribution < -0.4 is 10.1 Å². The predicted octanol–water partition coefficient (Wildman–Crippen LogP) is 6.62. The molecule has 0 bridgehead atoms. The van der Waals surface area contributed by atoms with Gasteiger partial charge in [-0.15, -0.1) is 0 Å². The Balaban J connectivity index is 1.83. The number of hydrogen-bond acceptors (Lipinski definition) is 7. The molecule has 0 unspecified atom stereocenters. The highest BCUT2D eigenvalue weighted by Gasteiger charge is 2.30. The normalized spacial score (nSPS) is 11.4. The number of nitrogens with zero attached hydrogens (tertiary/aromatic N) is 3. The van der Waals surface area contributed by atoms with Crippen molar-refractivity contribution in [1.29, 1.82) is 5.26 Å². The Morgan fingerprint density at radius 1 is 1.03 bits per heavy atom. The lowest BCUT2D eigenvalue weighted by atomic mass is 10.1. The maximum absolute atomic E-state index is 12.9. The van der Waals surface area contributed by atoms with E-state index < -0.39 is 44.4 Å². The highest BCUT2D eigenvalue weighted by Crippen LogP contribution is 2.37. The minimum absolute atomic E-state index is 0.0843. The SMILES string of the molecule is N#C/C(=C\c1ccc(Oc2ccc([N+](=O)[O-])cc2[N+](=O)[O-])c(Br)c1)C(=O)Nc1cccc(C(F)(F)F)c1. The van der Waals surface area contributed by atoms with Crippen LogP contribution in [-0.4, -0.2) is 15.8 Å². The second-order valence-corrected chi connectivity index (χ2v) is 8.02. The maximum Gasteiger partial charge on any atom is 0.416 e. The molecule has 0 spiro atoms. The van der Waals surface area contributed by atoms with Crippen molar-refractivity contribution in [3.63, 3.8) is 0 Å². The number of ether oxygens (including phenoxy) is 1. The molecular formula is C23H12BrF3N4O6. The summed E-state index contributed by atoms with van der Waals surface area (Å²) in [7, 11) is 0. The van der Waals surface area contributed by atoms with E-state index in [2.05, 4.69) is 21.2 Å². The third-order valence-electron chi connectivity index (χ3n) is 4.65. The Bertz CT molecular complexity index is 1480. The molecule has 3 aromatic rings. The van der Waals surface area contributed by atoms with E-state index in [1.54, 1.807) is 6.07 Å². The Hall–Kier alpha value is -4.77. The number of nitro groups is 2. The summed E-state index contributed by atoms with van der Waals surface area (Å²) < 4.78 is 44.4. The van der Waals surface area contributed by atoms with Gasteiger partial charge in [-0.25, -0.2) is 0 Å². The van der Waals surface area contributed by atoms with E-state index in [0.29, 0.717) is 5.56 Å². The Kier molecular flexibility index (Phi) is 7.88. The molecule has 10 nitrogen and oxygen atoms in total. The molecule has 0 saturated heterocycles. The van der Waals surface area contributed by atoms with Crippen molar-refractivity contribution in [1.82, 2.24) is 0 Å². The molecule has 0 atom stereocenters. The minimum atomic E-state index is -4.61. The van der Waals surface area contributed by atoms with Gasteiger partial charge in [-0.1, -0.05) is 12.1 Å². The van der Waals surface area contributed by atoms with Gasteiger partial charge < -0.3 is 10.1 Å². The summed E-state index contributed by atoms with van der Waals surface area (Å²) in [4.78, 5) is 33.0. The summed E-state index contributed by atoms with van der Waals surface area (Å²) in [5.41, 5.74) is -2.36. The number of benzene rings is 3. The number of nitriles is 1. The third-order valence-corrected chi connectivity index (χ3v) is 5.27. The van der Waals surface area contributed by atoms with Crippen molar-refractivity contribution in [3.8, 4) is 17.6 Å². The predicted molar refractivity (Wildman–Crippen MR) is 128 cm³/mol. The number of rotatable bonds is 7. The van der Waals surface area contributed by atoms with E-state index in [-0.39, 0.29) is 21.7 Å². The average molecular weight is 577 g/mol. The van der Waals surface area contributed by atoms with Crippen LogP contribution in [0, 0.1) is 31.6 Å². The molecule has 0 fully saturated rings. The number of anilines is 1. The molecule has 0 aliphatic rings. The van der Waals surface area contributed by atoms with Crippen LogP contribution in [0.25, 0.3) is 6.08 Å². The molecule has 0 aliphatic carbocycles. The smallest absolute Gasteiger partial charge is 0.416 e. The number of hydrogen-bond donors (Lipinski definition) is 1. The lowest BCUT2D eigenvalue weighted by Gasteiger charge is -2.10. The molecule has 3 aromatic carbocycles. The van der Waals surface area contributed by atoms with E-state index in [0.717, 1.165) is 36.4 Å². The summed E-state index contributed by atoms with van der Waals surface area (Å²) in [6, 6.07) is 12.6. The van der Waals surface area contributed by atoms with Crippen molar-refractivity contribution in [2.75, 3.05) is 5.32 Å². The van der Waals surface area contributed by atoms with Gasteiger partial charge in [-0.3, -0.25) is 25.0 Å². The van der Waals surface area contributed by atoms with E-state index in [1.165, 1.54) is 30.3 Å². The highest BCUT2D eigenvalue weighted by atomic mass is 79.9. The zero-order chi connectivity index (χ0) is 27.3. The fraction of sp³-hybridized carbons (Fsp3) is 0.0435. The van der Waals surface area contributed by atoms with Crippen molar-refractivity contribution in [3.05, 3.63) is 102 Å². The molecule has 37 heavy (non-hydrogen) atoms. The van der Waals surface area contributed by atoms with Crippen LogP contribution in [0.2, 0.25) is 0 Å². The first-order chi connectivity index (χ1) is 17.4. The van der Waals surface area contributed by atoms with E-state index in [1.807, 2.05) is 0 Å². The fourth-order valence-electron chi connectivity index (χ4n) is 2.94. The van der Waals surface area contributed by atoms with Crippen LogP contribution in [0.3, 0.4) is 0 Å². The number of carbonyl (C=O) groups excluding carboxylic acids is 1. The van der Waals surface area contributed by atoms with Crippen molar-refractivity contribution in [2.24, 2.45) is 0 Å². The standard InChI is InChI=1S/C23H12BrF3N4O6/c24-18-9-13(4-6-20(18)37-21-7-5-17(30(33)34)11-19(21)31(35)36)8-14(12-28)22(32)29-16-3-1-2-15(10-16)23(25,26)27/h1-11H,(H,29,32)/b14-8+. The van der Waals surface area contributed by atoms with Crippen LogP contribution >= 0.6 is 15.9 Å². The molecule has 1 N–H and O–H groups in total. The second kappa shape index (κ2) is 10.9. The monoisotopic (exact) mass is 576 g/mol. The molecular weight excluding hydrogens is 565 g/mol. The summed E-state index contributed by atoms with van der Waals surface area (Å²) in [5, 5.41) is 33.8. The molecule has 14 heteroatoms. The van der Waals surface area contributed by atoms with Gasteiger partial charge in [0, 0.05) is 11.8 Å². The zero-order valence-corrected chi connectivity index (χ0v) is 19.7. The summed E-state index contributed by atoms with van der Waals surface area (Å²) in [6.07, 6.45) is -3.44. The van der Waals surface area contributed by atoms with Gasteiger partial charge in [-0.05, 0) is 64.0 Å². The number of halogens is 4. The zero-order valence-electron chi connectivity index (χ0n) is 18.2. The first-order valence-corrected chi connectivity index (χ1v) is 10.7. The minimum Gasteiger partial charge on any atom is -0.449 e. The van der Waals surface area contributed by atoms with E-state index in [4.69, 9.17) is 4.74 Å². The number of non-ortho nitro benzene ring substituents is 1. The molecule has 3 rings (SSSR count). The van der Waals surface area contributed by atoms with Crippen molar-refractivity contribution >= 4 is 45.0 Å². The first kappa shape index (κ1) is 26.8. The second-order valence-electron chi connectivity index (χ2n) is 7.16. The molecule has 0 heterocycles. The molecule has 188 valence electrons. The highest BCUT2D eigenvalue weighted by molar-refractivity contribution is 9.10. The number of nitro benzene ring substituents is 2. The van der Waals surface area contributed by atoms with Gasteiger partial charge in [-0.2, -0.15) is 18.4 Å². The Labute approximate surface area is 214 Å². The third kappa shape index (κ3) is 6.67. The van der Waals surface area contributed by atoms with Gasteiger partial charge in [0.25, 0.3) is 11.6 Å².